The third-order valence-corrected chi connectivity index (χ3v) is 4.06. The summed E-state index contributed by atoms with van der Waals surface area (Å²) in [6, 6.07) is 1.50. The van der Waals surface area contributed by atoms with Crippen LogP contribution in [0.15, 0.2) is 18.2 Å². The van der Waals surface area contributed by atoms with Gasteiger partial charge in [-0.15, -0.1) is 0 Å². The molecule has 25 heavy (non-hydrogen) atoms. The maximum Gasteiger partial charge on any atom is 0.416 e. The van der Waals surface area contributed by atoms with Crippen molar-refractivity contribution in [2.45, 2.75) is 58.9 Å². The van der Waals surface area contributed by atoms with E-state index in [1.54, 1.807) is 0 Å². The van der Waals surface area contributed by atoms with E-state index in [1.807, 2.05) is 27.7 Å². The Morgan fingerprint density at radius 2 is 1.40 bits per heavy atom. The van der Waals surface area contributed by atoms with Gasteiger partial charge in [0.15, 0.2) is 0 Å². The zero-order valence-corrected chi connectivity index (χ0v) is 15.2. The predicted octanol–water partition coefficient (Wildman–Crippen LogP) is 6.01. The molecule has 1 nitrogen and oxygen atoms in total. The molecule has 0 unspecified atom stereocenters. The van der Waals surface area contributed by atoms with E-state index in [0.29, 0.717) is 12.1 Å². The molecule has 1 atom stereocenters. The summed E-state index contributed by atoms with van der Waals surface area (Å²) in [6.45, 7) is 7.85. The van der Waals surface area contributed by atoms with Crippen LogP contribution < -0.4 is 5.32 Å². The highest BCUT2D eigenvalue weighted by Gasteiger charge is 2.37. The minimum absolute atomic E-state index is 0.0344. The lowest BCUT2D eigenvalue weighted by molar-refractivity contribution is -0.143. The molecule has 142 valence electrons. The number of rotatable bonds is 4. The second kappa shape index (κ2) is 7.51. The maximum absolute atomic E-state index is 12.9. The molecule has 0 aliphatic rings. The standard InChI is InChI=1S/C17H21F6NS/c1-5-13(15(2,3)4)24-14(25)8-10-6-11(16(18,19)20)9-12(7-10)17(21,22)23/h6-7,9,13H,5,8H2,1-4H3,(H,24,25)/t13-/m1/s1. The van der Waals surface area contributed by atoms with E-state index in [4.69, 9.17) is 12.2 Å². The van der Waals surface area contributed by atoms with Crippen molar-refractivity contribution in [2.24, 2.45) is 5.41 Å². The smallest absolute Gasteiger partial charge is 0.376 e. The van der Waals surface area contributed by atoms with Gasteiger partial charge in [0, 0.05) is 12.5 Å². The van der Waals surface area contributed by atoms with Crippen molar-refractivity contribution in [1.29, 1.82) is 0 Å². The van der Waals surface area contributed by atoms with E-state index >= 15 is 0 Å². The first-order valence-corrected chi connectivity index (χ1v) is 8.13. The third-order valence-electron chi connectivity index (χ3n) is 3.80. The highest BCUT2D eigenvalue weighted by molar-refractivity contribution is 7.80. The Kier molecular flexibility index (Phi) is 6.53. The fourth-order valence-corrected chi connectivity index (χ4v) is 2.79. The van der Waals surface area contributed by atoms with Gasteiger partial charge in [-0.3, -0.25) is 0 Å². The average Bonchev–Trinajstić information content (AvgIpc) is 2.41. The van der Waals surface area contributed by atoms with Crippen LogP contribution in [0.25, 0.3) is 0 Å². The Balaban J connectivity index is 3.10. The number of alkyl halides is 6. The number of benzene rings is 1. The molecular formula is C17H21F6NS. The molecule has 0 heterocycles. The van der Waals surface area contributed by atoms with Crippen LogP contribution in [-0.2, 0) is 18.8 Å². The van der Waals surface area contributed by atoms with E-state index in [2.05, 4.69) is 5.32 Å². The van der Waals surface area contributed by atoms with Gasteiger partial charge in [-0.2, -0.15) is 26.3 Å². The molecular weight excluding hydrogens is 364 g/mol. The molecule has 0 spiro atoms. The van der Waals surface area contributed by atoms with Crippen molar-refractivity contribution >= 4 is 17.2 Å². The Labute approximate surface area is 148 Å². The van der Waals surface area contributed by atoms with E-state index in [9.17, 15) is 26.3 Å². The Morgan fingerprint density at radius 1 is 0.960 bits per heavy atom. The number of hydrogen-bond donors (Lipinski definition) is 1. The first kappa shape index (κ1) is 21.7. The van der Waals surface area contributed by atoms with Crippen molar-refractivity contribution in [1.82, 2.24) is 5.32 Å². The van der Waals surface area contributed by atoms with Crippen LogP contribution >= 0.6 is 12.2 Å². The van der Waals surface area contributed by atoms with Gasteiger partial charge in [0.2, 0.25) is 0 Å². The van der Waals surface area contributed by atoms with Crippen LogP contribution in [0.2, 0.25) is 0 Å². The maximum atomic E-state index is 12.9. The van der Waals surface area contributed by atoms with Gasteiger partial charge in [-0.05, 0) is 35.6 Å². The first-order valence-electron chi connectivity index (χ1n) is 7.72. The predicted molar refractivity (Wildman–Crippen MR) is 89.4 cm³/mol. The van der Waals surface area contributed by atoms with Gasteiger partial charge >= 0.3 is 12.4 Å². The summed E-state index contributed by atoms with van der Waals surface area (Å²) < 4.78 is 77.3. The van der Waals surface area contributed by atoms with E-state index in [1.165, 1.54) is 0 Å². The van der Waals surface area contributed by atoms with E-state index < -0.39 is 23.5 Å². The molecule has 0 fully saturated rings. The van der Waals surface area contributed by atoms with E-state index in [-0.39, 0.29) is 34.5 Å². The number of thiocarbonyl (C=S) groups is 1. The summed E-state index contributed by atoms with van der Waals surface area (Å²) in [4.78, 5) is 0.217. The molecule has 1 N–H and O–H groups in total. The highest BCUT2D eigenvalue weighted by atomic mass is 32.1. The van der Waals surface area contributed by atoms with Gasteiger partial charge in [-0.25, -0.2) is 0 Å². The molecule has 0 radical (unpaired) electrons. The second-order valence-electron chi connectivity index (χ2n) is 6.99. The van der Waals surface area contributed by atoms with Crippen molar-refractivity contribution in [3.63, 3.8) is 0 Å². The number of hydrogen-bond acceptors (Lipinski definition) is 1. The Morgan fingerprint density at radius 3 is 1.72 bits per heavy atom. The lowest BCUT2D eigenvalue weighted by Gasteiger charge is -2.31. The summed E-state index contributed by atoms with van der Waals surface area (Å²) in [5.41, 5.74) is -2.93. The zero-order valence-electron chi connectivity index (χ0n) is 14.4. The highest BCUT2D eigenvalue weighted by Crippen LogP contribution is 2.36. The van der Waals surface area contributed by atoms with Crippen LogP contribution in [0.5, 0.6) is 0 Å². The largest absolute Gasteiger partial charge is 0.416 e. The summed E-state index contributed by atoms with van der Waals surface area (Å²) >= 11 is 5.15. The van der Waals surface area contributed by atoms with Crippen molar-refractivity contribution in [3.05, 3.63) is 34.9 Å². The van der Waals surface area contributed by atoms with Crippen molar-refractivity contribution in [3.8, 4) is 0 Å². The van der Waals surface area contributed by atoms with Gasteiger partial charge in [0.05, 0.1) is 16.1 Å². The zero-order chi connectivity index (χ0) is 19.6. The van der Waals surface area contributed by atoms with Gasteiger partial charge < -0.3 is 5.32 Å². The van der Waals surface area contributed by atoms with Crippen LogP contribution in [0, 0.1) is 5.41 Å². The molecule has 8 heteroatoms. The van der Waals surface area contributed by atoms with E-state index in [0.717, 1.165) is 6.42 Å². The van der Waals surface area contributed by atoms with Crippen LogP contribution in [0.3, 0.4) is 0 Å². The molecule has 0 saturated heterocycles. The number of nitrogens with one attached hydrogen (secondary N) is 1. The molecule has 1 aromatic rings. The minimum atomic E-state index is -4.86. The van der Waals surface area contributed by atoms with Gasteiger partial charge in [-0.1, -0.05) is 39.9 Å². The minimum Gasteiger partial charge on any atom is -0.376 e. The van der Waals surface area contributed by atoms with Gasteiger partial charge in [0.1, 0.15) is 0 Å². The van der Waals surface area contributed by atoms with Crippen molar-refractivity contribution in [2.75, 3.05) is 0 Å². The molecule has 0 amide bonds. The lowest BCUT2D eigenvalue weighted by atomic mass is 9.85. The molecule has 0 aromatic heterocycles. The SMILES string of the molecule is CC[C@@H](NC(=S)Cc1cc(C(F)(F)F)cc(C(F)(F)F)c1)C(C)(C)C. The van der Waals surface area contributed by atoms with Gasteiger partial charge in [0.25, 0.3) is 0 Å². The molecule has 1 aromatic carbocycles. The fraction of sp³-hybridized carbons (Fsp3) is 0.588. The average molecular weight is 385 g/mol. The molecule has 0 bridgehead atoms. The first-order chi connectivity index (χ1) is 11.1. The summed E-state index contributed by atoms with van der Waals surface area (Å²) in [5, 5.41) is 3.04. The molecule has 1 rings (SSSR count). The molecule has 0 aliphatic heterocycles. The van der Waals surface area contributed by atoms with Crippen LogP contribution in [-0.4, -0.2) is 11.0 Å². The Hall–Kier alpha value is -1.31. The number of halogens is 6. The Bertz CT molecular complexity index is 581. The van der Waals surface area contributed by atoms with Crippen molar-refractivity contribution < 1.29 is 26.3 Å². The molecule has 0 saturated carbocycles. The summed E-state index contributed by atoms with van der Waals surface area (Å²) in [5.74, 6) is 0. The quantitative estimate of drug-likeness (QED) is 0.503. The molecule has 0 aliphatic carbocycles. The third kappa shape index (κ3) is 6.49. The lowest BCUT2D eigenvalue weighted by Crippen LogP contribution is -2.43. The van der Waals surface area contributed by atoms with Crippen LogP contribution in [0.4, 0.5) is 26.3 Å². The fourth-order valence-electron chi connectivity index (χ4n) is 2.48. The van der Waals surface area contributed by atoms with Crippen LogP contribution in [0.1, 0.15) is 50.8 Å². The topological polar surface area (TPSA) is 12.0 Å². The monoisotopic (exact) mass is 385 g/mol. The summed E-state index contributed by atoms with van der Waals surface area (Å²) in [6.07, 6.45) is -9.18. The summed E-state index contributed by atoms with van der Waals surface area (Å²) in [7, 11) is 0. The second-order valence-corrected chi connectivity index (χ2v) is 7.48. The normalized spacial score (nSPS) is 14.3.